The molecule has 9 nitrogen and oxygen atoms in total. The first-order valence-electron chi connectivity index (χ1n) is 15.0. The van der Waals surface area contributed by atoms with Gasteiger partial charge in [0.1, 0.15) is 11.5 Å². The highest BCUT2D eigenvalue weighted by Gasteiger charge is 2.32. The Bertz CT molecular complexity index is 1670. The highest BCUT2D eigenvalue weighted by atomic mass is 32.2. The molecule has 234 valence electrons. The first kappa shape index (κ1) is 31.3. The molecule has 10 heteroatoms. The van der Waals surface area contributed by atoms with Crippen LogP contribution in [0.15, 0.2) is 127 Å². The Morgan fingerprint density at radius 3 is 2.20 bits per heavy atom. The van der Waals surface area contributed by atoms with Crippen LogP contribution in [-0.4, -0.2) is 33.0 Å². The van der Waals surface area contributed by atoms with E-state index in [9.17, 15) is 9.90 Å². The van der Waals surface area contributed by atoms with Gasteiger partial charge in [0.15, 0.2) is 11.4 Å². The molecule has 2 amide bonds. The zero-order valence-corrected chi connectivity index (χ0v) is 25.8. The van der Waals surface area contributed by atoms with Crippen molar-refractivity contribution in [2.45, 2.75) is 43.2 Å². The van der Waals surface area contributed by atoms with Gasteiger partial charge in [-0.15, -0.1) is 0 Å². The Balaban J connectivity index is 1.04. The number of hydrogen-bond donors (Lipinski definition) is 3. The second-order valence-electron chi connectivity index (χ2n) is 10.7. The van der Waals surface area contributed by atoms with Crippen LogP contribution in [0.4, 0.5) is 10.5 Å². The van der Waals surface area contributed by atoms with Crippen molar-refractivity contribution in [1.82, 2.24) is 15.3 Å². The minimum absolute atomic E-state index is 0.00550. The number of amides is 2. The van der Waals surface area contributed by atoms with Crippen molar-refractivity contribution in [1.29, 1.82) is 0 Å². The van der Waals surface area contributed by atoms with E-state index in [1.54, 1.807) is 42.4 Å². The van der Waals surface area contributed by atoms with Crippen molar-refractivity contribution in [3.05, 3.63) is 144 Å². The molecule has 1 aliphatic heterocycles. The molecule has 3 atom stereocenters. The molecule has 1 saturated heterocycles. The lowest BCUT2D eigenvalue weighted by Gasteiger charge is -2.36. The van der Waals surface area contributed by atoms with Crippen molar-refractivity contribution in [3.8, 4) is 11.5 Å². The molecule has 2 heterocycles. The fraction of sp³-hybridized carbons (Fsp3) is 0.194. The number of ether oxygens (including phenoxy) is 3. The third-order valence-corrected chi connectivity index (χ3v) is 8.36. The molecule has 1 aliphatic rings. The summed E-state index contributed by atoms with van der Waals surface area (Å²) in [6, 6.07) is 33.9. The predicted molar refractivity (Wildman–Crippen MR) is 176 cm³/mol. The smallest absolute Gasteiger partial charge is 0.319 e. The maximum absolute atomic E-state index is 12.6. The molecule has 0 radical (unpaired) electrons. The van der Waals surface area contributed by atoms with Gasteiger partial charge < -0.3 is 30.0 Å². The van der Waals surface area contributed by atoms with E-state index in [0.29, 0.717) is 35.3 Å². The summed E-state index contributed by atoms with van der Waals surface area (Å²) in [5.74, 6) is 2.11. The van der Waals surface area contributed by atoms with Gasteiger partial charge in [-0.2, -0.15) is 0 Å². The van der Waals surface area contributed by atoms with E-state index in [-0.39, 0.29) is 24.8 Å². The van der Waals surface area contributed by atoms with Gasteiger partial charge in [-0.05, 0) is 59.2 Å². The van der Waals surface area contributed by atoms with Crippen molar-refractivity contribution in [2.24, 2.45) is 0 Å². The van der Waals surface area contributed by atoms with Gasteiger partial charge in [-0.3, -0.25) is 0 Å². The van der Waals surface area contributed by atoms with Gasteiger partial charge in [0.2, 0.25) is 0 Å². The molecule has 0 unspecified atom stereocenters. The number of aromatic nitrogens is 2. The van der Waals surface area contributed by atoms with E-state index in [1.165, 1.54) is 0 Å². The molecule has 5 aromatic rings. The van der Waals surface area contributed by atoms with Gasteiger partial charge in [-0.25, -0.2) is 14.8 Å². The molecule has 1 fully saturated rings. The van der Waals surface area contributed by atoms with Crippen molar-refractivity contribution in [3.63, 3.8) is 0 Å². The Morgan fingerprint density at radius 2 is 1.48 bits per heavy atom. The van der Waals surface area contributed by atoms with Crippen LogP contribution in [0.1, 0.15) is 41.1 Å². The van der Waals surface area contributed by atoms with Crippen LogP contribution in [0, 0.1) is 0 Å². The zero-order valence-electron chi connectivity index (χ0n) is 25.0. The highest BCUT2D eigenvalue weighted by molar-refractivity contribution is 7.99. The summed E-state index contributed by atoms with van der Waals surface area (Å²) in [7, 11) is 0. The van der Waals surface area contributed by atoms with E-state index in [1.807, 2.05) is 91.0 Å². The molecule has 6 rings (SSSR count). The Morgan fingerprint density at radius 1 is 0.804 bits per heavy atom. The highest BCUT2D eigenvalue weighted by Crippen LogP contribution is 2.39. The van der Waals surface area contributed by atoms with E-state index in [4.69, 9.17) is 14.2 Å². The summed E-state index contributed by atoms with van der Waals surface area (Å²) in [6.07, 6.45) is 3.28. The average molecular weight is 635 g/mol. The molecule has 4 aromatic carbocycles. The second kappa shape index (κ2) is 15.5. The maximum Gasteiger partial charge on any atom is 0.319 e. The predicted octanol–water partition coefficient (Wildman–Crippen LogP) is 7.42. The summed E-state index contributed by atoms with van der Waals surface area (Å²) < 4.78 is 18.7. The Kier molecular flexibility index (Phi) is 10.5. The minimum atomic E-state index is -0.572. The number of hydrogen-bond acceptors (Lipinski definition) is 8. The molecule has 0 bridgehead atoms. The number of carbonyl (C=O) groups excluding carboxylic acids is 1. The summed E-state index contributed by atoms with van der Waals surface area (Å²) in [6.45, 7) is 0.346. The number of rotatable bonds is 11. The van der Waals surface area contributed by atoms with Gasteiger partial charge in [0, 0.05) is 42.4 Å². The third kappa shape index (κ3) is 8.70. The number of aliphatic hydroxyl groups excluding tert-OH is 1. The molecule has 46 heavy (non-hydrogen) atoms. The molecule has 3 N–H and O–H groups in total. The normalized spacial score (nSPS) is 17.6. The summed E-state index contributed by atoms with van der Waals surface area (Å²) in [5, 5.41) is 15.9. The Labute approximate surface area is 272 Å². The summed E-state index contributed by atoms with van der Waals surface area (Å²) >= 11 is 1.55. The van der Waals surface area contributed by atoms with E-state index in [2.05, 4.69) is 20.6 Å². The third-order valence-electron chi connectivity index (χ3n) is 7.35. The first-order chi connectivity index (χ1) is 22.6. The largest absolute Gasteiger partial charge is 0.457 e. The molecular formula is C36H34N4O5S. The van der Waals surface area contributed by atoms with Crippen molar-refractivity contribution in [2.75, 3.05) is 11.1 Å². The lowest BCUT2D eigenvalue weighted by Crippen LogP contribution is -2.31. The van der Waals surface area contributed by atoms with Crippen molar-refractivity contribution < 1.29 is 24.1 Å². The number of anilines is 1. The first-order valence-corrected chi connectivity index (χ1v) is 16.0. The van der Waals surface area contributed by atoms with Crippen molar-refractivity contribution >= 4 is 23.5 Å². The Hall–Kier alpha value is -4.74. The van der Waals surface area contributed by atoms with Crippen LogP contribution in [0.3, 0.4) is 0 Å². The molecule has 0 saturated carbocycles. The van der Waals surface area contributed by atoms with Gasteiger partial charge in [0.25, 0.3) is 0 Å². The quantitative estimate of drug-likeness (QED) is 0.102. The molecule has 1 aromatic heterocycles. The molecule has 0 aliphatic carbocycles. The number of nitrogens with zero attached hydrogens (tertiary/aromatic N) is 2. The number of aliphatic hydroxyl groups is 1. The van der Waals surface area contributed by atoms with E-state index >= 15 is 0 Å². The van der Waals surface area contributed by atoms with E-state index in [0.717, 1.165) is 28.0 Å². The summed E-state index contributed by atoms with van der Waals surface area (Å²) in [4.78, 5) is 21.2. The van der Waals surface area contributed by atoms with Crippen LogP contribution in [0.25, 0.3) is 0 Å². The number of nitrogens with one attached hydrogen (secondary N) is 2. The molecule has 0 spiro atoms. The van der Waals surface area contributed by atoms with Gasteiger partial charge in [0.05, 0.1) is 18.8 Å². The van der Waals surface area contributed by atoms with Gasteiger partial charge >= 0.3 is 6.03 Å². The van der Waals surface area contributed by atoms with Crippen LogP contribution >= 0.6 is 11.8 Å². The topological polar surface area (TPSA) is 115 Å². The minimum Gasteiger partial charge on any atom is -0.457 e. The number of para-hydroxylation sites is 1. The zero-order chi connectivity index (χ0) is 31.6. The van der Waals surface area contributed by atoms with Crippen LogP contribution in [0.5, 0.6) is 11.5 Å². The summed E-state index contributed by atoms with van der Waals surface area (Å²) in [5.41, 5.74) is 4.36. The standard InChI is InChI=1S/C36H34N4O5S/c41-23-26-9-11-27(12-10-26)33-21-32(24-46-36-37-19-4-20-38-36)44-34(45-33)28-13-7-25(8-14-28)22-39-35(42)40-29-15-17-31(18-16-29)43-30-5-2-1-3-6-30/h1-20,32-34,41H,21-24H2,(H2,39,40,42)/t32-,33+,34+/m0/s1. The molecular weight excluding hydrogens is 600 g/mol. The van der Waals surface area contributed by atoms with Crippen LogP contribution < -0.4 is 15.4 Å². The van der Waals surface area contributed by atoms with Crippen LogP contribution in [0.2, 0.25) is 0 Å². The monoisotopic (exact) mass is 634 g/mol. The lowest BCUT2D eigenvalue weighted by atomic mass is 10.0. The number of thioether (sulfide) groups is 1. The fourth-order valence-electron chi connectivity index (χ4n) is 4.93. The number of urea groups is 1. The van der Waals surface area contributed by atoms with E-state index < -0.39 is 6.29 Å². The van der Waals surface area contributed by atoms with Crippen LogP contribution in [-0.2, 0) is 22.6 Å². The fourth-order valence-corrected chi connectivity index (χ4v) is 5.75. The number of benzene rings is 4. The van der Waals surface area contributed by atoms with Gasteiger partial charge in [-0.1, -0.05) is 78.5 Å². The number of carbonyl (C=O) groups is 1. The second-order valence-corrected chi connectivity index (χ2v) is 11.7. The maximum atomic E-state index is 12.6. The lowest BCUT2D eigenvalue weighted by molar-refractivity contribution is -0.245. The average Bonchev–Trinajstić information content (AvgIpc) is 3.12. The SMILES string of the molecule is O=C(NCc1ccc([C@@H]2O[C@H](CSc3ncccn3)C[C@H](c3ccc(CO)cc3)O2)cc1)Nc1ccc(Oc2ccccc2)cc1.